The first kappa shape index (κ1) is 20.0. The monoisotopic (exact) mass is 461 g/mol. The lowest BCUT2D eigenvalue weighted by molar-refractivity contribution is 0.476. The number of halogens is 1. The zero-order valence-electron chi connectivity index (χ0n) is 15.0. The van der Waals surface area contributed by atoms with Crippen LogP contribution in [-0.4, -0.2) is 34.5 Å². The number of guanidine groups is 1. The van der Waals surface area contributed by atoms with Crippen LogP contribution >= 0.6 is 24.0 Å². The molecule has 136 valence electrons. The van der Waals surface area contributed by atoms with Crippen LogP contribution in [0.4, 0.5) is 0 Å². The molecule has 6 heteroatoms. The highest BCUT2D eigenvalue weighted by Crippen LogP contribution is 2.14. The summed E-state index contributed by atoms with van der Waals surface area (Å²) in [4.78, 5) is 10.7. The Hall–Kier alpha value is -2.35. The first-order chi connectivity index (χ1) is 12.3. The van der Waals surface area contributed by atoms with Gasteiger partial charge in [-0.2, -0.15) is 0 Å². The maximum absolute atomic E-state index is 4.40. The molecular formula is C20H24IN5. The van der Waals surface area contributed by atoms with E-state index in [1.54, 1.807) is 6.20 Å². The van der Waals surface area contributed by atoms with Crippen LogP contribution in [0.5, 0.6) is 0 Å². The summed E-state index contributed by atoms with van der Waals surface area (Å²) in [7, 11) is 3.86. The van der Waals surface area contributed by atoms with Crippen molar-refractivity contribution in [1.82, 2.24) is 19.8 Å². The van der Waals surface area contributed by atoms with E-state index < -0.39 is 0 Å². The van der Waals surface area contributed by atoms with Crippen LogP contribution in [0.15, 0.2) is 78.3 Å². The second kappa shape index (κ2) is 9.96. The Morgan fingerprint density at radius 3 is 2.54 bits per heavy atom. The third kappa shape index (κ3) is 5.08. The lowest BCUT2D eigenvalue weighted by atomic mass is 10.1. The fraction of sp³-hybridized carbons (Fsp3) is 0.200. The topological polar surface area (TPSA) is 45.5 Å². The lowest BCUT2D eigenvalue weighted by Gasteiger charge is -2.22. The average Bonchev–Trinajstić information content (AvgIpc) is 3.18. The molecular weight excluding hydrogens is 437 g/mol. The van der Waals surface area contributed by atoms with E-state index in [0.717, 1.165) is 18.2 Å². The van der Waals surface area contributed by atoms with E-state index in [2.05, 4.69) is 56.6 Å². The molecule has 0 saturated heterocycles. The zero-order chi connectivity index (χ0) is 17.5. The van der Waals surface area contributed by atoms with Crippen molar-refractivity contribution in [2.45, 2.75) is 13.1 Å². The molecule has 0 amide bonds. The number of para-hydroxylation sites is 1. The predicted molar refractivity (Wildman–Crippen MR) is 117 cm³/mol. The SMILES string of the molecule is CN=C(NCc1ccccc1-n1ccnc1)N(C)Cc1ccccc1.I. The zero-order valence-corrected chi connectivity index (χ0v) is 17.4. The van der Waals surface area contributed by atoms with Crippen molar-refractivity contribution in [3.05, 3.63) is 84.4 Å². The van der Waals surface area contributed by atoms with Crippen LogP contribution < -0.4 is 5.32 Å². The van der Waals surface area contributed by atoms with Gasteiger partial charge >= 0.3 is 0 Å². The van der Waals surface area contributed by atoms with E-state index in [9.17, 15) is 0 Å². The van der Waals surface area contributed by atoms with E-state index in [1.807, 2.05) is 49.4 Å². The Morgan fingerprint density at radius 1 is 1.12 bits per heavy atom. The maximum Gasteiger partial charge on any atom is 0.193 e. The number of aliphatic imine (C=N–C) groups is 1. The van der Waals surface area contributed by atoms with Gasteiger partial charge in [0.1, 0.15) is 0 Å². The van der Waals surface area contributed by atoms with Crippen molar-refractivity contribution >= 4 is 29.9 Å². The van der Waals surface area contributed by atoms with Crippen molar-refractivity contribution in [3.63, 3.8) is 0 Å². The third-order valence-electron chi connectivity index (χ3n) is 4.05. The van der Waals surface area contributed by atoms with Crippen LogP contribution in [0, 0.1) is 0 Å². The fourth-order valence-corrected chi connectivity index (χ4v) is 2.80. The Labute approximate surface area is 171 Å². The minimum atomic E-state index is 0. The van der Waals surface area contributed by atoms with Gasteiger partial charge in [0.05, 0.1) is 12.0 Å². The minimum Gasteiger partial charge on any atom is -0.352 e. The van der Waals surface area contributed by atoms with Gasteiger partial charge in [0.15, 0.2) is 5.96 Å². The van der Waals surface area contributed by atoms with Crippen molar-refractivity contribution in [2.24, 2.45) is 4.99 Å². The quantitative estimate of drug-likeness (QED) is 0.358. The molecule has 2 aromatic carbocycles. The molecule has 26 heavy (non-hydrogen) atoms. The van der Waals surface area contributed by atoms with E-state index in [4.69, 9.17) is 0 Å². The summed E-state index contributed by atoms with van der Waals surface area (Å²) in [6, 6.07) is 18.7. The molecule has 0 fully saturated rings. The molecule has 0 saturated carbocycles. The summed E-state index contributed by atoms with van der Waals surface area (Å²) in [5.74, 6) is 0.865. The smallest absolute Gasteiger partial charge is 0.193 e. The molecule has 1 aromatic heterocycles. The molecule has 0 aliphatic heterocycles. The summed E-state index contributed by atoms with van der Waals surface area (Å²) in [5.41, 5.74) is 3.56. The van der Waals surface area contributed by atoms with Crippen LogP contribution in [0.2, 0.25) is 0 Å². The Morgan fingerprint density at radius 2 is 1.85 bits per heavy atom. The molecule has 0 spiro atoms. The summed E-state index contributed by atoms with van der Waals surface area (Å²) in [5, 5.41) is 3.45. The van der Waals surface area contributed by atoms with Crippen LogP contribution in [0.25, 0.3) is 5.69 Å². The molecule has 0 bridgehead atoms. The molecule has 0 atom stereocenters. The Kier molecular flexibility index (Phi) is 7.65. The summed E-state index contributed by atoms with van der Waals surface area (Å²) in [6.07, 6.45) is 5.56. The van der Waals surface area contributed by atoms with Gasteiger partial charge in [0.25, 0.3) is 0 Å². The molecule has 3 aromatic rings. The van der Waals surface area contributed by atoms with Crippen molar-refractivity contribution in [1.29, 1.82) is 0 Å². The maximum atomic E-state index is 4.40. The van der Waals surface area contributed by atoms with E-state index in [0.29, 0.717) is 6.54 Å². The normalized spacial score (nSPS) is 10.9. The standard InChI is InChI=1S/C20H23N5.HI/c1-21-20(24(2)15-17-8-4-3-5-9-17)23-14-18-10-6-7-11-19(18)25-13-12-22-16-25;/h3-13,16H,14-15H2,1-2H3,(H,21,23);1H. The highest BCUT2D eigenvalue weighted by molar-refractivity contribution is 14.0. The van der Waals surface area contributed by atoms with Gasteiger partial charge in [-0.25, -0.2) is 4.98 Å². The van der Waals surface area contributed by atoms with Crippen molar-refractivity contribution < 1.29 is 0 Å². The number of hydrogen-bond donors (Lipinski definition) is 1. The van der Waals surface area contributed by atoms with E-state index in [-0.39, 0.29) is 24.0 Å². The third-order valence-corrected chi connectivity index (χ3v) is 4.05. The van der Waals surface area contributed by atoms with Gasteiger partial charge in [0.2, 0.25) is 0 Å². The van der Waals surface area contributed by atoms with Gasteiger partial charge < -0.3 is 14.8 Å². The Bertz CT molecular complexity index is 815. The number of hydrogen-bond acceptors (Lipinski definition) is 2. The first-order valence-electron chi connectivity index (χ1n) is 8.30. The van der Waals surface area contributed by atoms with Crippen LogP contribution in [0.1, 0.15) is 11.1 Å². The minimum absolute atomic E-state index is 0. The number of nitrogens with one attached hydrogen (secondary N) is 1. The van der Waals surface area contributed by atoms with E-state index in [1.165, 1.54) is 11.1 Å². The summed E-state index contributed by atoms with van der Waals surface area (Å²) >= 11 is 0. The van der Waals surface area contributed by atoms with Crippen LogP contribution in [-0.2, 0) is 13.1 Å². The second-order valence-corrected chi connectivity index (χ2v) is 5.84. The van der Waals surface area contributed by atoms with Crippen molar-refractivity contribution in [3.8, 4) is 5.69 Å². The van der Waals surface area contributed by atoms with Gasteiger partial charge in [-0.3, -0.25) is 4.99 Å². The van der Waals surface area contributed by atoms with Crippen LogP contribution in [0.3, 0.4) is 0 Å². The molecule has 0 radical (unpaired) electrons. The summed E-state index contributed by atoms with van der Waals surface area (Å²) < 4.78 is 2.02. The largest absolute Gasteiger partial charge is 0.352 e. The average molecular weight is 461 g/mol. The molecule has 0 aliphatic carbocycles. The second-order valence-electron chi connectivity index (χ2n) is 5.84. The fourth-order valence-electron chi connectivity index (χ4n) is 2.80. The predicted octanol–water partition coefficient (Wildman–Crippen LogP) is 3.70. The Balaban J connectivity index is 0.00000243. The lowest BCUT2D eigenvalue weighted by Crippen LogP contribution is -2.38. The molecule has 1 heterocycles. The van der Waals surface area contributed by atoms with Gasteiger partial charge in [-0.15, -0.1) is 24.0 Å². The highest BCUT2D eigenvalue weighted by atomic mass is 127. The number of nitrogens with zero attached hydrogens (tertiary/aromatic N) is 4. The molecule has 0 aliphatic rings. The molecule has 3 rings (SSSR count). The highest BCUT2D eigenvalue weighted by Gasteiger charge is 2.08. The molecule has 5 nitrogen and oxygen atoms in total. The van der Waals surface area contributed by atoms with Gasteiger partial charge in [-0.05, 0) is 17.2 Å². The summed E-state index contributed by atoms with van der Waals surface area (Å²) in [6.45, 7) is 1.50. The molecule has 1 N–H and O–H groups in total. The van der Waals surface area contributed by atoms with Gasteiger partial charge in [-0.1, -0.05) is 48.5 Å². The first-order valence-corrected chi connectivity index (χ1v) is 8.30. The van der Waals surface area contributed by atoms with Gasteiger partial charge in [0, 0.05) is 39.6 Å². The number of aromatic nitrogens is 2. The number of rotatable bonds is 5. The molecule has 0 unspecified atom stereocenters. The van der Waals surface area contributed by atoms with E-state index >= 15 is 0 Å². The number of benzene rings is 2. The van der Waals surface area contributed by atoms with Crippen molar-refractivity contribution in [2.75, 3.05) is 14.1 Å². The number of imidazole rings is 1.